The van der Waals surface area contributed by atoms with Gasteiger partial charge in [0.25, 0.3) is 0 Å². The van der Waals surface area contributed by atoms with Crippen LogP contribution in [0.3, 0.4) is 0 Å². The molecule has 0 atom stereocenters. The lowest BCUT2D eigenvalue weighted by Crippen LogP contribution is -2.28. The lowest BCUT2D eigenvalue weighted by atomic mass is 10.1. The zero-order valence-corrected chi connectivity index (χ0v) is 12.7. The average molecular weight is 304 g/mol. The lowest BCUT2D eigenvalue weighted by molar-refractivity contribution is -0.136. The Bertz CT molecular complexity index is 435. The molecule has 106 valence electrons. The number of rotatable bonds is 7. The van der Waals surface area contributed by atoms with Crippen LogP contribution in [0.15, 0.2) is 18.2 Å². The van der Waals surface area contributed by atoms with Gasteiger partial charge in [0.2, 0.25) is 0 Å². The van der Waals surface area contributed by atoms with Crippen LogP contribution in [0.1, 0.15) is 26.7 Å². The van der Waals surface area contributed by atoms with Gasteiger partial charge in [-0.25, -0.2) is 0 Å². The summed E-state index contributed by atoms with van der Waals surface area (Å²) in [7, 11) is 0. The SMILES string of the molecule is CC(C)CCN(CCC(=O)O)c1cccc(Cl)c1Cl. The van der Waals surface area contributed by atoms with Gasteiger partial charge < -0.3 is 10.0 Å². The molecule has 0 heterocycles. The molecular weight excluding hydrogens is 285 g/mol. The van der Waals surface area contributed by atoms with Crippen LogP contribution < -0.4 is 4.90 Å². The third-order valence-electron chi connectivity index (χ3n) is 2.84. The third kappa shape index (κ3) is 5.29. The lowest BCUT2D eigenvalue weighted by Gasteiger charge is -2.26. The number of hydrogen-bond acceptors (Lipinski definition) is 2. The minimum atomic E-state index is -0.812. The van der Waals surface area contributed by atoms with Crippen LogP contribution in [-0.2, 0) is 4.79 Å². The summed E-state index contributed by atoms with van der Waals surface area (Å²) in [5, 5.41) is 9.80. The summed E-state index contributed by atoms with van der Waals surface area (Å²) in [6, 6.07) is 5.42. The van der Waals surface area contributed by atoms with Crippen LogP contribution in [-0.4, -0.2) is 24.2 Å². The molecule has 0 unspecified atom stereocenters. The monoisotopic (exact) mass is 303 g/mol. The predicted molar refractivity (Wildman–Crippen MR) is 80.4 cm³/mol. The van der Waals surface area contributed by atoms with Crippen molar-refractivity contribution in [2.45, 2.75) is 26.7 Å². The smallest absolute Gasteiger partial charge is 0.305 e. The van der Waals surface area contributed by atoms with Gasteiger partial charge in [-0.2, -0.15) is 0 Å². The largest absolute Gasteiger partial charge is 0.481 e. The first-order chi connectivity index (χ1) is 8.91. The maximum atomic E-state index is 10.7. The van der Waals surface area contributed by atoms with Gasteiger partial charge >= 0.3 is 5.97 Å². The van der Waals surface area contributed by atoms with Crippen molar-refractivity contribution in [1.82, 2.24) is 0 Å². The summed E-state index contributed by atoms with van der Waals surface area (Å²) in [5.74, 6) is -0.266. The Balaban J connectivity index is 2.87. The molecule has 5 heteroatoms. The van der Waals surface area contributed by atoms with E-state index in [-0.39, 0.29) is 6.42 Å². The molecule has 0 aliphatic rings. The van der Waals surface area contributed by atoms with E-state index in [9.17, 15) is 4.79 Å². The Labute approximate surface area is 124 Å². The molecular formula is C14H19Cl2NO2. The number of carbonyl (C=O) groups is 1. The summed E-state index contributed by atoms with van der Waals surface area (Å²) >= 11 is 12.2. The third-order valence-corrected chi connectivity index (χ3v) is 3.65. The van der Waals surface area contributed by atoms with Crippen LogP contribution >= 0.6 is 23.2 Å². The van der Waals surface area contributed by atoms with Crippen LogP contribution in [0.4, 0.5) is 5.69 Å². The van der Waals surface area contributed by atoms with E-state index < -0.39 is 5.97 Å². The van der Waals surface area contributed by atoms with Crippen molar-refractivity contribution in [2.75, 3.05) is 18.0 Å². The second kappa shape index (κ2) is 7.61. The molecule has 3 nitrogen and oxygen atoms in total. The predicted octanol–water partition coefficient (Wildman–Crippen LogP) is 4.32. The van der Waals surface area contributed by atoms with Gasteiger partial charge in [0, 0.05) is 13.1 Å². The molecule has 0 aliphatic heterocycles. The molecule has 0 saturated carbocycles. The van der Waals surface area contributed by atoms with Crippen molar-refractivity contribution < 1.29 is 9.90 Å². The second-order valence-electron chi connectivity index (χ2n) is 4.89. The maximum Gasteiger partial charge on any atom is 0.305 e. The Kier molecular flexibility index (Phi) is 6.46. The number of nitrogens with zero attached hydrogens (tertiary/aromatic N) is 1. The fraction of sp³-hybridized carbons (Fsp3) is 0.500. The quantitative estimate of drug-likeness (QED) is 0.815. The van der Waals surface area contributed by atoms with Crippen molar-refractivity contribution in [3.8, 4) is 0 Å². The number of carboxylic acids is 1. The van der Waals surface area contributed by atoms with Crippen molar-refractivity contribution in [2.24, 2.45) is 5.92 Å². The first-order valence-corrected chi connectivity index (χ1v) is 7.08. The molecule has 1 rings (SSSR count). The van der Waals surface area contributed by atoms with E-state index in [2.05, 4.69) is 13.8 Å². The number of aliphatic carboxylic acids is 1. The second-order valence-corrected chi connectivity index (χ2v) is 5.67. The molecule has 0 aromatic heterocycles. The Morgan fingerprint density at radius 3 is 2.58 bits per heavy atom. The summed E-state index contributed by atoms with van der Waals surface area (Å²) < 4.78 is 0. The van der Waals surface area contributed by atoms with E-state index in [1.54, 1.807) is 6.07 Å². The zero-order valence-electron chi connectivity index (χ0n) is 11.2. The molecule has 0 fully saturated rings. The molecule has 1 aromatic rings. The summed E-state index contributed by atoms with van der Waals surface area (Å²) in [4.78, 5) is 12.7. The summed E-state index contributed by atoms with van der Waals surface area (Å²) in [6.45, 7) is 5.47. The number of anilines is 1. The normalized spacial score (nSPS) is 10.8. The summed E-state index contributed by atoms with van der Waals surface area (Å²) in [6.07, 6.45) is 1.06. The Hall–Kier alpha value is -0.930. The van der Waals surface area contributed by atoms with E-state index in [0.717, 1.165) is 18.7 Å². The highest BCUT2D eigenvalue weighted by molar-refractivity contribution is 6.43. The van der Waals surface area contributed by atoms with Gasteiger partial charge in [-0.1, -0.05) is 43.1 Å². The van der Waals surface area contributed by atoms with Crippen LogP contribution in [0.5, 0.6) is 0 Å². The molecule has 0 radical (unpaired) electrons. The van der Waals surface area contributed by atoms with Crippen LogP contribution in [0.25, 0.3) is 0 Å². The first-order valence-electron chi connectivity index (χ1n) is 6.32. The highest BCUT2D eigenvalue weighted by Gasteiger charge is 2.14. The van der Waals surface area contributed by atoms with Gasteiger partial charge in [0.15, 0.2) is 0 Å². The fourth-order valence-electron chi connectivity index (χ4n) is 1.73. The molecule has 0 aliphatic carbocycles. The molecule has 0 spiro atoms. The topological polar surface area (TPSA) is 40.5 Å². The molecule has 0 saturated heterocycles. The van der Waals surface area contributed by atoms with Crippen molar-refractivity contribution in [1.29, 1.82) is 0 Å². The van der Waals surface area contributed by atoms with Crippen molar-refractivity contribution in [3.63, 3.8) is 0 Å². The van der Waals surface area contributed by atoms with Gasteiger partial charge in [0.05, 0.1) is 22.2 Å². The maximum absolute atomic E-state index is 10.7. The zero-order chi connectivity index (χ0) is 14.4. The van der Waals surface area contributed by atoms with Gasteiger partial charge in [-0.3, -0.25) is 4.79 Å². The summed E-state index contributed by atoms with van der Waals surface area (Å²) in [5.41, 5.74) is 0.802. The average Bonchev–Trinajstić information content (AvgIpc) is 2.33. The highest BCUT2D eigenvalue weighted by atomic mass is 35.5. The standard InChI is InChI=1S/C14H19Cl2NO2/c1-10(2)6-8-17(9-7-13(18)19)12-5-3-4-11(15)14(12)16/h3-5,10H,6-9H2,1-2H3,(H,18,19). The molecule has 0 amide bonds. The van der Waals surface area contributed by atoms with Crippen molar-refractivity contribution in [3.05, 3.63) is 28.2 Å². The van der Waals surface area contributed by atoms with Crippen LogP contribution in [0, 0.1) is 5.92 Å². The minimum Gasteiger partial charge on any atom is -0.481 e. The number of hydrogen-bond donors (Lipinski definition) is 1. The molecule has 1 N–H and O–H groups in total. The van der Waals surface area contributed by atoms with Gasteiger partial charge in [-0.05, 0) is 24.5 Å². The highest BCUT2D eigenvalue weighted by Crippen LogP contribution is 2.32. The molecule has 19 heavy (non-hydrogen) atoms. The Morgan fingerprint density at radius 2 is 2.00 bits per heavy atom. The first kappa shape index (κ1) is 16.1. The van der Waals surface area contributed by atoms with Crippen LogP contribution in [0.2, 0.25) is 10.0 Å². The number of carboxylic acid groups (broad SMARTS) is 1. The van der Waals surface area contributed by atoms with Gasteiger partial charge in [0.1, 0.15) is 0 Å². The van der Waals surface area contributed by atoms with Crippen molar-refractivity contribution >= 4 is 34.9 Å². The van der Waals surface area contributed by atoms with E-state index >= 15 is 0 Å². The minimum absolute atomic E-state index is 0.0843. The van der Waals surface area contributed by atoms with Gasteiger partial charge in [-0.15, -0.1) is 0 Å². The van der Waals surface area contributed by atoms with E-state index in [4.69, 9.17) is 28.3 Å². The molecule has 1 aromatic carbocycles. The van der Waals surface area contributed by atoms with E-state index in [1.165, 1.54) is 0 Å². The number of halogens is 2. The number of benzene rings is 1. The van der Waals surface area contributed by atoms with E-state index in [0.29, 0.717) is 22.5 Å². The van der Waals surface area contributed by atoms with E-state index in [1.807, 2.05) is 17.0 Å². The fourth-order valence-corrected chi connectivity index (χ4v) is 2.15. The molecule has 0 bridgehead atoms. The Morgan fingerprint density at radius 1 is 1.32 bits per heavy atom.